The number of carbonyl (C=O) groups excluding carboxylic acids is 4. The van der Waals surface area contributed by atoms with Gasteiger partial charge in [0.2, 0.25) is 11.8 Å². The molecule has 1 aliphatic heterocycles. The summed E-state index contributed by atoms with van der Waals surface area (Å²) < 4.78 is 9.90. The number of hydrogen-bond donors (Lipinski definition) is 2. The highest BCUT2D eigenvalue weighted by Gasteiger charge is 2.40. The van der Waals surface area contributed by atoms with E-state index in [1.54, 1.807) is 20.8 Å². The molecular weight excluding hydrogens is 390 g/mol. The average molecular weight is 419 g/mol. The van der Waals surface area contributed by atoms with Crippen LogP contribution in [0.25, 0.3) is 0 Å². The van der Waals surface area contributed by atoms with Crippen molar-refractivity contribution in [2.75, 3.05) is 20.2 Å². The van der Waals surface area contributed by atoms with Crippen molar-refractivity contribution < 1.29 is 28.7 Å². The van der Waals surface area contributed by atoms with Gasteiger partial charge in [0.05, 0.1) is 13.5 Å². The molecule has 30 heavy (non-hydrogen) atoms. The lowest BCUT2D eigenvalue weighted by Gasteiger charge is -2.23. The Morgan fingerprint density at radius 3 is 2.40 bits per heavy atom. The first kappa shape index (κ1) is 23.2. The molecule has 3 amide bonds. The van der Waals surface area contributed by atoms with Gasteiger partial charge in [0.15, 0.2) is 0 Å². The molecule has 1 aromatic carbocycles. The van der Waals surface area contributed by atoms with Crippen molar-refractivity contribution in [3.05, 3.63) is 35.9 Å². The van der Waals surface area contributed by atoms with Crippen LogP contribution in [0, 0.1) is 0 Å². The summed E-state index contributed by atoms with van der Waals surface area (Å²) in [4.78, 5) is 50.2. The second-order valence-corrected chi connectivity index (χ2v) is 8.10. The molecule has 0 aliphatic carbocycles. The Morgan fingerprint density at radius 1 is 1.13 bits per heavy atom. The van der Waals surface area contributed by atoms with E-state index in [-0.39, 0.29) is 31.8 Å². The molecule has 2 atom stereocenters. The second-order valence-electron chi connectivity index (χ2n) is 8.10. The molecule has 1 aromatic rings. The van der Waals surface area contributed by atoms with Crippen LogP contribution in [-0.2, 0) is 30.3 Å². The van der Waals surface area contributed by atoms with Gasteiger partial charge in [-0.2, -0.15) is 0 Å². The van der Waals surface area contributed by atoms with E-state index in [1.165, 1.54) is 12.0 Å². The Bertz CT molecular complexity index is 775. The molecule has 0 aromatic heterocycles. The van der Waals surface area contributed by atoms with Crippen LogP contribution >= 0.6 is 0 Å². The fourth-order valence-corrected chi connectivity index (χ4v) is 3.20. The zero-order valence-corrected chi connectivity index (χ0v) is 17.8. The van der Waals surface area contributed by atoms with Crippen LogP contribution in [0.15, 0.2) is 30.3 Å². The Balaban J connectivity index is 1.94. The molecule has 0 radical (unpaired) electrons. The van der Waals surface area contributed by atoms with E-state index in [0.717, 1.165) is 5.56 Å². The predicted molar refractivity (Wildman–Crippen MR) is 108 cm³/mol. The molecule has 0 bridgehead atoms. The number of nitrogens with zero attached hydrogens (tertiary/aromatic N) is 1. The largest absolute Gasteiger partial charge is 0.467 e. The lowest BCUT2D eigenvalue weighted by atomic mass is 10.1. The summed E-state index contributed by atoms with van der Waals surface area (Å²) in [7, 11) is 1.24. The van der Waals surface area contributed by atoms with Gasteiger partial charge < -0.3 is 25.0 Å². The van der Waals surface area contributed by atoms with Crippen molar-refractivity contribution in [2.24, 2.45) is 0 Å². The van der Waals surface area contributed by atoms with E-state index < -0.39 is 35.7 Å². The van der Waals surface area contributed by atoms with Crippen LogP contribution in [0.5, 0.6) is 0 Å². The summed E-state index contributed by atoms with van der Waals surface area (Å²) in [6.07, 6.45) is -0.280. The van der Waals surface area contributed by atoms with Gasteiger partial charge in [-0.25, -0.2) is 9.59 Å². The number of benzene rings is 1. The van der Waals surface area contributed by atoms with Crippen molar-refractivity contribution in [1.29, 1.82) is 0 Å². The van der Waals surface area contributed by atoms with Crippen LogP contribution in [0.2, 0.25) is 0 Å². The average Bonchev–Trinajstić information content (AvgIpc) is 3.08. The Kier molecular flexibility index (Phi) is 7.79. The lowest BCUT2D eigenvalue weighted by Crippen LogP contribution is -2.47. The minimum Gasteiger partial charge on any atom is -0.467 e. The van der Waals surface area contributed by atoms with Crippen molar-refractivity contribution in [2.45, 2.75) is 51.3 Å². The van der Waals surface area contributed by atoms with E-state index in [4.69, 9.17) is 9.47 Å². The third-order valence-corrected chi connectivity index (χ3v) is 4.45. The monoisotopic (exact) mass is 419 g/mol. The SMILES string of the molecule is COC(=O)[C@@H]1C[C@@H](NC(=O)Cc2ccccc2)CN1C(=O)CNC(=O)OC(C)(C)C. The van der Waals surface area contributed by atoms with E-state index in [9.17, 15) is 19.2 Å². The van der Waals surface area contributed by atoms with Crippen LogP contribution in [0.4, 0.5) is 4.79 Å². The van der Waals surface area contributed by atoms with E-state index >= 15 is 0 Å². The summed E-state index contributed by atoms with van der Waals surface area (Å²) in [6.45, 7) is 4.96. The van der Waals surface area contributed by atoms with Crippen LogP contribution in [0.1, 0.15) is 32.8 Å². The van der Waals surface area contributed by atoms with Crippen molar-refractivity contribution in [3.8, 4) is 0 Å². The molecule has 1 aliphatic rings. The maximum absolute atomic E-state index is 12.6. The first-order valence-corrected chi connectivity index (χ1v) is 9.76. The molecule has 1 heterocycles. The van der Waals surface area contributed by atoms with Crippen molar-refractivity contribution in [3.63, 3.8) is 0 Å². The highest BCUT2D eigenvalue weighted by molar-refractivity contribution is 5.88. The van der Waals surface area contributed by atoms with E-state index in [2.05, 4.69) is 10.6 Å². The van der Waals surface area contributed by atoms with Gasteiger partial charge in [-0.15, -0.1) is 0 Å². The smallest absolute Gasteiger partial charge is 0.408 e. The quantitative estimate of drug-likeness (QED) is 0.666. The maximum Gasteiger partial charge on any atom is 0.408 e. The first-order valence-electron chi connectivity index (χ1n) is 9.76. The molecule has 2 N–H and O–H groups in total. The van der Waals surface area contributed by atoms with Gasteiger partial charge in [0.1, 0.15) is 18.2 Å². The number of esters is 1. The fraction of sp³-hybridized carbons (Fsp3) is 0.524. The second kappa shape index (κ2) is 10.1. The van der Waals surface area contributed by atoms with E-state index in [1.807, 2.05) is 30.3 Å². The van der Waals surface area contributed by atoms with Crippen molar-refractivity contribution >= 4 is 23.9 Å². The standard InChI is InChI=1S/C21H29N3O6/c1-21(2,3)30-20(28)22-12-18(26)24-13-15(11-16(24)19(27)29-4)23-17(25)10-14-8-6-5-7-9-14/h5-9,15-16H,10-13H2,1-4H3,(H,22,28)(H,23,25)/t15-,16+/m1/s1. The summed E-state index contributed by atoms with van der Waals surface area (Å²) >= 11 is 0. The van der Waals surface area contributed by atoms with Gasteiger partial charge in [-0.1, -0.05) is 30.3 Å². The zero-order valence-electron chi connectivity index (χ0n) is 17.8. The Morgan fingerprint density at radius 2 is 1.80 bits per heavy atom. The number of ether oxygens (including phenoxy) is 2. The highest BCUT2D eigenvalue weighted by atomic mass is 16.6. The highest BCUT2D eigenvalue weighted by Crippen LogP contribution is 2.20. The number of likely N-dealkylation sites (tertiary alicyclic amines) is 1. The number of methoxy groups -OCH3 is 1. The van der Waals surface area contributed by atoms with Crippen LogP contribution < -0.4 is 10.6 Å². The number of carbonyl (C=O) groups is 4. The van der Waals surface area contributed by atoms with E-state index in [0.29, 0.717) is 0 Å². The number of hydrogen-bond acceptors (Lipinski definition) is 6. The van der Waals surface area contributed by atoms with Gasteiger partial charge >= 0.3 is 12.1 Å². The van der Waals surface area contributed by atoms with Gasteiger partial charge in [0.25, 0.3) is 0 Å². The molecular formula is C21H29N3O6. The molecule has 0 saturated carbocycles. The molecule has 0 spiro atoms. The Labute approximate surface area is 176 Å². The molecule has 9 heteroatoms. The Hall–Kier alpha value is -3.10. The number of nitrogens with one attached hydrogen (secondary N) is 2. The van der Waals surface area contributed by atoms with Gasteiger partial charge in [0, 0.05) is 19.0 Å². The molecule has 1 fully saturated rings. The first-order chi connectivity index (χ1) is 14.1. The predicted octanol–water partition coefficient (Wildman–Crippen LogP) is 1.01. The molecule has 9 nitrogen and oxygen atoms in total. The summed E-state index contributed by atoms with van der Waals surface area (Å²) in [5.74, 6) is -1.23. The summed E-state index contributed by atoms with van der Waals surface area (Å²) in [6, 6.07) is 8.05. The van der Waals surface area contributed by atoms with Gasteiger partial charge in [-0.3, -0.25) is 9.59 Å². The third-order valence-electron chi connectivity index (χ3n) is 4.45. The zero-order chi connectivity index (χ0) is 22.3. The van der Waals surface area contributed by atoms with Crippen LogP contribution in [0.3, 0.4) is 0 Å². The number of rotatable bonds is 6. The van der Waals surface area contributed by atoms with Gasteiger partial charge in [-0.05, 0) is 26.3 Å². The molecule has 164 valence electrons. The minimum atomic E-state index is -0.829. The third kappa shape index (κ3) is 7.06. The summed E-state index contributed by atoms with van der Waals surface area (Å²) in [5, 5.41) is 5.25. The molecule has 0 unspecified atom stereocenters. The maximum atomic E-state index is 12.6. The molecule has 2 rings (SSSR count). The minimum absolute atomic E-state index is 0.148. The number of amides is 3. The number of alkyl carbamates (subject to hydrolysis) is 1. The summed E-state index contributed by atoms with van der Waals surface area (Å²) in [5.41, 5.74) is 0.177. The normalized spacial score (nSPS) is 18.5. The molecule has 1 saturated heterocycles. The fourth-order valence-electron chi connectivity index (χ4n) is 3.20. The van der Waals surface area contributed by atoms with Crippen LogP contribution in [-0.4, -0.2) is 66.7 Å². The van der Waals surface area contributed by atoms with Crippen molar-refractivity contribution in [1.82, 2.24) is 15.5 Å². The topological polar surface area (TPSA) is 114 Å². The lowest BCUT2D eigenvalue weighted by molar-refractivity contribution is -0.150.